The summed E-state index contributed by atoms with van der Waals surface area (Å²) in [6.07, 6.45) is 10.5. The number of nitrogens with zero attached hydrogens (tertiary/aromatic N) is 1. The number of rotatable bonds is 5. The molecule has 2 bridgehead atoms. The smallest absolute Gasteiger partial charge is 0.187 e. The molecule has 0 aromatic heterocycles. The SMILES string of the molecule is CCOc1ccc(/C=N\NC(=S)N[C@@H]2C[C@@H]3C[C@@H]2[C@@H]2C=CC[C@H]32)cc1. The first-order chi connectivity index (χ1) is 12.2. The van der Waals surface area contributed by atoms with Crippen LogP contribution in [0.1, 0.15) is 31.7 Å². The fraction of sp³-hybridized carbons (Fsp3) is 0.500. The van der Waals surface area contributed by atoms with Crippen LogP contribution in [0.4, 0.5) is 0 Å². The molecule has 4 rings (SSSR count). The van der Waals surface area contributed by atoms with E-state index in [1.165, 1.54) is 19.3 Å². The molecule has 25 heavy (non-hydrogen) atoms. The van der Waals surface area contributed by atoms with Crippen molar-refractivity contribution >= 4 is 23.5 Å². The van der Waals surface area contributed by atoms with E-state index < -0.39 is 0 Å². The third-order valence-electron chi connectivity index (χ3n) is 5.90. The fourth-order valence-electron chi connectivity index (χ4n) is 4.89. The van der Waals surface area contributed by atoms with Gasteiger partial charge < -0.3 is 10.1 Å². The van der Waals surface area contributed by atoms with Gasteiger partial charge in [0, 0.05) is 6.04 Å². The molecular formula is C20H25N3OS. The summed E-state index contributed by atoms with van der Waals surface area (Å²) < 4.78 is 5.44. The van der Waals surface area contributed by atoms with Gasteiger partial charge in [0.05, 0.1) is 12.8 Å². The summed E-state index contributed by atoms with van der Waals surface area (Å²) in [7, 11) is 0. The van der Waals surface area contributed by atoms with Crippen LogP contribution in [0.25, 0.3) is 0 Å². The molecule has 0 aliphatic heterocycles. The van der Waals surface area contributed by atoms with Crippen LogP contribution >= 0.6 is 12.2 Å². The Morgan fingerprint density at radius 1 is 1.28 bits per heavy atom. The van der Waals surface area contributed by atoms with E-state index in [2.05, 4.69) is 28.0 Å². The Morgan fingerprint density at radius 2 is 2.12 bits per heavy atom. The Morgan fingerprint density at radius 3 is 2.92 bits per heavy atom. The van der Waals surface area contributed by atoms with Crippen LogP contribution in [0, 0.1) is 23.7 Å². The minimum absolute atomic E-state index is 0.495. The van der Waals surface area contributed by atoms with Crippen LogP contribution in [0.15, 0.2) is 41.5 Å². The monoisotopic (exact) mass is 355 g/mol. The number of allylic oxidation sites excluding steroid dienone is 2. The standard InChI is InChI=1S/C20H25N3OS/c1-2-24-15-8-6-13(7-9-15)12-21-23-20(25)22-19-11-14-10-18(19)17-5-3-4-16(14)17/h3,5-9,12,14,16-19H,2,4,10-11H2,1H3,(H2,22,23,25)/b21-12-/t14-,16+,17+,18+,19+/m0/s1. The maximum atomic E-state index is 5.44. The van der Waals surface area contributed by atoms with Crippen molar-refractivity contribution in [1.82, 2.24) is 10.7 Å². The Labute approximate surface area is 154 Å². The van der Waals surface area contributed by atoms with E-state index >= 15 is 0 Å². The summed E-state index contributed by atoms with van der Waals surface area (Å²) >= 11 is 5.42. The van der Waals surface area contributed by atoms with E-state index in [0.29, 0.717) is 17.8 Å². The summed E-state index contributed by atoms with van der Waals surface area (Å²) in [5, 5.41) is 8.37. The van der Waals surface area contributed by atoms with Crippen LogP contribution in [-0.4, -0.2) is 24.0 Å². The number of benzene rings is 1. The molecule has 2 N–H and O–H groups in total. The first kappa shape index (κ1) is 16.6. The van der Waals surface area contributed by atoms with Crippen molar-refractivity contribution in [1.29, 1.82) is 0 Å². The summed E-state index contributed by atoms with van der Waals surface area (Å²) in [4.78, 5) is 0. The third-order valence-corrected chi connectivity index (χ3v) is 6.11. The topological polar surface area (TPSA) is 45.6 Å². The molecule has 5 heteroatoms. The lowest BCUT2D eigenvalue weighted by atomic mass is 9.79. The number of ether oxygens (including phenoxy) is 1. The predicted molar refractivity (Wildman–Crippen MR) is 105 cm³/mol. The molecule has 132 valence electrons. The Hall–Kier alpha value is -1.88. The lowest BCUT2D eigenvalue weighted by molar-refractivity contribution is 0.246. The van der Waals surface area contributed by atoms with Gasteiger partial charge in [-0.25, -0.2) is 0 Å². The number of hydrogen-bond acceptors (Lipinski definition) is 3. The van der Waals surface area contributed by atoms with Crippen molar-refractivity contribution in [2.45, 2.75) is 32.2 Å². The average molecular weight is 356 g/mol. The van der Waals surface area contributed by atoms with Crippen LogP contribution in [0.3, 0.4) is 0 Å². The van der Waals surface area contributed by atoms with Gasteiger partial charge >= 0.3 is 0 Å². The van der Waals surface area contributed by atoms with Crippen LogP contribution in [0.5, 0.6) is 5.75 Å². The molecule has 0 spiro atoms. The molecule has 0 radical (unpaired) electrons. The summed E-state index contributed by atoms with van der Waals surface area (Å²) in [5.74, 6) is 4.16. The quantitative estimate of drug-likeness (QED) is 0.367. The van der Waals surface area contributed by atoms with E-state index in [1.807, 2.05) is 31.2 Å². The minimum Gasteiger partial charge on any atom is -0.494 e. The average Bonchev–Trinajstić information content (AvgIpc) is 3.29. The third kappa shape index (κ3) is 3.43. The second-order valence-electron chi connectivity index (χ2n) is 7.25. The van der Waals surface area contributed by atoms with Crippen molar-refractivity contribution < 1.29 is 4.74 Å². The number of thiocarbonyl (C=S) groups is 1. The highest BCUT2D eigenvalue weighted by atomic mass is 32.1. The van der Waals surface area contributed by atoms with E-state index in [4.69, 9.17) is 17.0 Å². The molecule has 0 unspecified atom stereocenters. The van der Waals surface area contributed by atoms with Gasteiger partial charge in [-0.2, -0.15) is 5.10 Å². The summed E-state index contributed by atoms with van der Waals surface area (Å²) in [6, 6.07) is 8.35. The van der Waals surface area contributed by atoms with Crippen molar-refractivity contribution in [3.8, 4) is 5.75 Å². The number of hydrogen-bond donors (Lipinski definition) is 2. The zero-order valence-corrected chi connectivity index (χ0v) is 15.3. The highest BCUT2D eigenvalue weighted by Crippen LogP contribution is 2.56. The second kappa shape index (κ2) is 7.16. The first-order valence-corrected chi connectivity index (χ1v) is 9.64. The fourth-order valence-corrected chi connectivity index (χ4v) is 5.10. The maximum Gasteiger partial charge on any atom is 0.187 e. The highest BCUT2D eigenvalue weighted by molar-refractivity contribution is 7.80. The van der Waals surface area contributed by atoms with E-state index in [-0.39, 0.29) is 0 Å². The van der Waals surface area contributed by atoms with E-state index in [1.54, 1.807) is 6.21 Å². The lowest BCUT2D eigenvalue weighted by Gasteiger charge is -2.32. The number of fused-ring (bicyclic) bond motifs is 5. The van der Waals surface area contributed by atoms with Gasteiger partial charge in [0.15, 0.2) is 5.11 Å². The van der Waals surface area contributed by atoms with Crippen LogP contribution < -0.4 is 15.5 Å². The van der Waals surface area contributed by atoms with Gasteiger partial charge in [-0.15, -0.1) is 0 Å². The van der Waals surface area contributed by atoms with Gasteiger partial charge in [-0.05, 0) is 91.9 Å². The molecule has 1 aromatic rings. The molecule has 3 aliphatic rings. The van der Waals surface area contributed by atoms with Crippen LogP contribution in [-0.2, 0) is 0 Å². The molecule has 2 saturated carbocycles. The molecule has 2 fully saturated rings. The normalized spacial score (nSPS) is 32.1. The van der Waals surface area contributed by atoms with Gasteiger partial charge in [-0.1, -0.05) is 12.2 Å². The van der Waals surface area contributed by atoms with Gasteiger partial charge in [0.2, 0.25) is 0 Å². The van der Waals surface area contributed by atoms with Crippen molar-refractivity contribution in [2.75, 3.05) is 6.61 Å². The van der Waals surface area contributed by atoms with Gasteiger partial charge in [0.25, 0.3) is 0 Å². The maximum absolute atomic E-state index is 5.44. The Kier molecular flexibility index (Phi) is 4.75. The van der Waals surface area contributed by atoms with Crippen molar-refractivity contribution in [3.05, 3.63) is 42.0 Å². The second-order valence-corrected chi connectivity index (χ2v) is 7.66. The Bertz CT molecular complexity index is 685. The predicted octanol–water partition coefficient (Wildman–Crippen LogP) is 3.48. The number of hydrazone groups is 1. The van der Waals surface area contributed by atoms with E-state index in [0.717, 1.165) is 35.0 Å². The van der Waals surface area contributed by atoms with Crippen molar-refractivity contribution in [3.63, 3.8) is 0 Å². The molecule has 0 amide bonds. The molecule has 0 saturated heterocycles. The Balaban J connectivity index is 1.26. The zero-order chi connectivity index (χ0) is 17.2. The molecule has 4 nitrogen and oxygen atoms in total. The van der Waals surface area contributed by atoms with E-state index in [9.17, 15) is 0 Å². The lowest BCUT2D eigenvalue weighted by Crippen LogP contribution is -2.45. The zero-order valence-electron chi connectivity index (χ0n) is 14.5. The summed E-state index contributed by atoms with van der Waals surface area (Å²) in [5.41, 5.74) is 3.97. The van der Waals surface area contributed by atoms with Gasteiger partial charge in [0.1, 0.15) is 5.75 Å². The molecular weight excluding hydrogens is 330 g/mol. The molecule has 5 atom stereocenters. The largest absolute Gasteiger partial charge is 0.494 e. The summed E-state index contributed by atoms with van der Waals surface area (Å²) in [6.45, 7) is 2.65. The molecule has 0 heterocycles. The first-order valence-electron chi connectivity index (χ1n) is 9.23. The molecule has 1 aromatic carbocycles. The minimum atomic E-state index is 0.495. The molecule has 3 aliphatic carbocycles. The van der Waals surface area contributed by atoms with Gasteiger partial charge in [-0.3, -0.25) is 5.43 Å². The van der Waals surface area contributed by atoms with Crippen molar-refractivity contribution in [2.24, 2.45) is 28.8 Å². The van der Waals surface area contributed by atoms with Crippen LogP contribution in [0.2, 0.25) is 0 Å². The number of nitrogens with one attached hydrogen (secondary N) is 2. The highest BCUT2D eigenvalue weighted by Gasteiger charge is 2.52.